The van der Waals surface area contributed by atoms with Crippen molar-refractivity contribution in [3.63, 3.8) is 0 Å². The summed E-state index contributed by atoms with van der Waals surface area (Å²) < 4.78 is 24.3. The molecule has 0 fully saturated rings. The second kappa shape index (κ2) is 7.16. The second-order valence-corrected chi connectivity index (χ2v) is 5.28. The van der Waals surface area contributed by atoms with Crippen LogP contribution < -0.4 is 15.8 Å². The molecule has 2 heterocycles. The number of nitrogens with one attached hydrogen (secondary N) is 1. The third-order valence-electron chi connectivity index (χ3n) is 3.44. The van der Waals surface area contributed by atoms with Gasteiger partial charge >= 0.3 is 0 Å². The van der Waals surface area contributed by atoms with Gasteiger partial charge in [-0.05, 0) is 19.1 Å². The van der Waals surface area contributed by atoms with Crippen LogP contribution in [-0.2, 0) is 6.54 Å². The van der Waals surface area contributed by atoms with Gasteiger partial charge in [0.05, 0.1) is 18.8 Å². The average molecular weight is 343 g/mol. The highest BCUT2D eigenvalue weighted by atomic mass is 19.1. The van der Waals surface area contributed by atoms with Gasteiger partial charge in [0.25, 0.3) is 0 Å². The van der Waals surface area contributed by atoms with Gasteiger partial charge in [0.1, 0.15) is 23.6 Å². The van der Waals surface area contributed by atoms with Gasteiger partial charge in [-0.2, -0.15) is 4.98 Å². The smallest absolute Gasteiger partial charge is 0.221 e. The van der Waals surface area contributed by atoms with Crippen molar-refractivity contribution in [3.8, 4) is 16.9 Å². The summed E-state index contributed by atoms with van der Waals surface area (Å²) in [5, 5.41) is 3.16. The zero-order valence-corrected chi connectivity index (χ0v) is 13.9. The minimum Gasteiger partial charge on any atom is -0.493 e. The molecule has 130 valence electrons. The van der Waals surface area contributed by atoms with E-state index in [0.717, 1.165) is 5.69 Å². The highest BCUT2D eigenvalue weighted by molar-refractivity contribution is 5.79. The number of rotatable bonds is 6. The molecule has 1 aromatic carbocycles. The van der Waals surface area contributed by atoms with Crippen LogP contribution in [0, 0.1) is 12.7 Å². The lowest BCUT2D eigenvalue weighted by molar-refractivity contribution is 0.339. The maximum absolute atomic E-state index is 13.6. The van der Waals surface area contributed by atoms with E-state index in [1.54, 1.807) is 25.5 Å². The van der Waals surface area contributed by atoms with E-state index in [2.05, 4.69) is 20.3 Å². The van der Waals surface area contributed by atoms with Crippen molar-refractivity contribution in [3.05, 3.63) is 48.1 Å². The van der Waals surface area contributed by atoms with Crippen LogP contribution in [0.15, 0.2) is 35.1 Å². The van der Waals surface area contributed by atoms with Crippen LogP contribution >= 0.6 is 0 Å². The molecule has 2 aromatic heterocycles. The van der Waals surface area contributed by atoms with Crippen molar-refractivity contribution >= 4 is 11.8 Å². The topological polar surface area (TPSA) is 99.1 Å². The van der Waals surface area contributed by atoms with Gasteiger partial charge in [-0.25, -0.2) is 14.4 Å². The summed E-state index contributed by atoms with van der Waals surface area (Å²) >= 11 is 0. The molecule has 0 amide bonds. The molecule has 0 saturated carbocycles. The molecule has 7 nitrogen and oxygen atoms in total. The fourth-order valence-corrected chi connectivity index (χ4v) is 2.38. The van der Waals surface area contributed by atoms with E-state index in [-0.39, 0.29) is 11.8 Å². The lowest BCUT2D eigenvalue weighted by atomic mass is 10.1. The van der Waals surface area contributed by atoms with Crippen molar-refractivity contribution in [1.82, 2.24) is 15.0 Å². The first-order valence-electron chi connectivity index (χ1n) is 7.77. The minimum absolute atomic E-state index is 0.127. The van der Waals surface area contributed by atoms with Crippen LogP contribution in [0.2, 0.25) is 0 Å². The van der Waals surface area contributed by atoms with Crippen molar-refractivity contribution in [1.29, 1.82) is 0 Å². The summed E-state index contributed by atoms with van der Waals surface area (Å²) in [4.78, 5) is 12.5. The molecule has 25 heavy (non-hydrogen) atoms. The van der Waals surface area contributed by atoms with Crippen molar-refractivity contribution in [2.75, 3.05) is 17.7 Å². The summed E-state index contributed by atoms with van der Waals surface area (Å²) in [6.45, 7) is 4.41. The number of hydrogen-bond acceptors (Lipinski definition) is 7. The summed E-state index contributed by atoms with van der Waals surface area (Å²) in [6, 6.07) is 4.32. The Balaban J connectivity index is 1.96. The van der Waals surface area contributed by atoms with Crippen LogP contribution in [-0.4, -0.2) is 21.6 Å². The Hall–Kier alpha value is -3.16. The molecule has 0 unspecified atom stereocenters. The first kappa shape index (κ1) is 16.7. The van der Waals surface area contributed by atoms with E-state index in [4.69, 9.17) is 14.9 Å². The Morgan fingerprint density at radius 1 is 1.28 bits per heavy atom. The van der Waals surface area contributed by atoms with Crippen molar-refractivity contribution in [2.24, 2.45) is 0 Å². The molecule has 8 heteroatoms. The maximum Gasteiger partial charge on any atom is 0.221 e. The van der Waals surface area contributed by atoms with E-state index in [9.17, 15) is 4.39 Å². The molecular weight excluding hydrogens is 325 g/mol. The maximum atomic E-state index is 13.6. The zero-order chi connectivity index (χ0) is 17.8. The molecular formula is C17H18FN5O2. The minimum atomic E-state index is -0.379. The summed E-state index contributed by atoms with van der Waals surface area (Å²) in [5.74, 6) is 1.24. The Morgan fingerprint density at radius 2 is 2.12 bits per heavy atom. The van der Waals surface area contributed by atoms with Crippen molar-refractivity contribution < 1.29 is 13.5 Å². The molecule has 3 rings (SSSR count). The first-order chi connectivity index (χ1) is 12.1. The molecule has 0 atom stereocenters. The molecule has 3 N–H and O–H groups in total. The average Bonchev–Trinajstić information content (AvgIpc) is 3.00. The molecule has 0 radical (unpaired) electrons. The fraction of sp³-hybridized carbons (Fsp3) is 0.235. The van der Waals surface area contributed by atoms with E-state index >= 15 is 0 Å². The van der Waals surface area contributed by atoms with Gasteiger partial charge in [0.15, 0.2) is 5.89 Å². The normalized spacial score (nSPS) is 10.7. The Labute approximate surface area is 144 Å². The molecule has 0 aliphatic heterocycles. The third kappa shape index (κ3) is 3.85. The number of nitrogens with two attached hydrogens (primary N) is 1. The first-order valence-corrected chi connectivity index (χ1v) is 7.77. The summed E-state index contributed by atoms with van der Waals surface area (Å²) in [5.41, 5.74) is 7.76. The number of oxazole rings is 1. The lowest BCUT2D eigenvalue weighted by Gasteiger charge is -2.14. The van der Waals surface area contributed by atoms with E-state index < -0.39 is 0 Å². The van der Waals surface area contributed by atoms with Gasteiger partial charge in [-0.15, -0.1) is 0 Å². The standard InChI is InChI=1S/C17H18FN5O2/c1-3-24-15-6-11(18)4-5-13(15)14-8-21-17(19)23-16(14)20-7-12-9-25-10(2)22-12/h4-6,8-9H,3,7H2,1-2H3,(H3,19,20,21,23). The molecule has 0 aliphatic carbocycles. The third-order valence-corrected chi connectivity index (χ3v) is 3.44. The Bertz CT molecular complexity index is 881. The van der Waals surface area contributed by atoms with Crippen LogP contribution in [0.5, 0.6) is 5.75 Å². The van der Waals surface area contributed by atoms with E-state index in [0.29, 0.717) is 41.7 Å². The van der Waals surface area contributed by atoms with Gasteiger partial charge in [-0.3, -0.25) is 0 Å². The highest BCUT2D eigenvalue weighted by Gasteiger charge is 2.15. The number of aromatic nitrogens is 3. The number of halogens is 1. The number of ether oxygens (including phenoxy) is 1. The SMILES string of the molecule is CCOc1cc(F)ccc1-c1cnc(N)nc1NCc1coc(C)n1. The van der Waals surface area contributed by atoms with E-state index in [1.807, 2.05) is 6.92 Å². The molecule has 0 bridgehead atoms. The largest absolute Gasteiger partial charge is 0.493 e. The van der Waals surface area contributed by atoms with Gasteiger partial charge < -0.3 is 20.2 Å². The van der Waals surface area contributed by atoms with Crippen LogP contribution in [0.1, 0.15) is 18.5 Å². The summed E-state index contributed by atoms with van der Waals surface area (Å²) in [7, 11) is 0. The molecule has 0 spiro atoms. The molecule has 3 aromatic rings. The summed E-state index contributed by atoms with van der Waals surface area (Å²) in [6.07, 6.45) is 3.14. The number of benzene rings is 1. The van der Waals surface area contributed by atoms with E-state index in [1.165, 1.54) is 12.1 Å². The lowest BCUT2D eigenvalue weighted by Crippen LogP contribution is -2.07. The number of aryl methyl sites for hydroxylation is 1. The van der Waals surface area contributed by atoms with Crippen molar-refractivity contribution in [2.45, 2.75) is 20.4 Å². The van der Waals surface area contributed by atoms with Gasteiger partial charge in [-0.1, -0.05) is 0 Å². The highest BCUT2D eigenvalue weighted by Crippen LogP contribution is 2.34. The Kier molecular flexibility index (Phi) is 4.78. The number of anilines is 2. The predicted molar refractivity (Wildman–Crippen MR) is 91.6 cm³/mol. The van der Waals surface area contributed by atoms with Gasteiger partial charge in [0.2, 0.25) is 5.95 Å². The zero-order valence-electron chi connectivity index (χ0n) is 13.9. The monoisotopic (exact) mass is 343 g/mol. The number of hydrogen-bond donors (Lipinski definition) is 2. The quantitative estimate of drug-likeness (QED) is 0.709. The van der Waals surface area contributed by atoms with Gasteiger partial charge in [0, 0.05) is 30.3 Å². The Morgan fingerprint density at radius 3 is 2.84 bits per heavy atom. The fourth-order valence-electron chi connectivity index (χ4n) is 2.38. The second-order valence-electron chi connectivity index (χ2n) is 5.28. The number of nitrogens with zero attached hydrogens (tertiary/aromatic N) is 3. The van der Waals surface area contributed by atoms with Crippen LogP contribution in [0.25, 0.3) is 11.1 Å². The van der Waals surface area contributed by atoms with Crippen LogP contribution in [0.3, 0.4) is 0 Å². The van der Waals surface area contributed by atoms with Crippen LogP contribution in [0.4, 0.5) is 16.2 Å². The molecule has 0 saturated heterocycles. The predicted octanol–water partition coefficient (Wildman–Crippen LogP) is 3.17. The number of nitrogen functional groups attached to an aromatic ring is 1. The molecule has 0 aliphatic rings.